The minimum atomic E-state index is -4.31. The van der Waals surface area contributed by atoms with E-state index in [4.69, 9.17) is 23.2 Å². The van der Waals surface area contributed by atoms with Gasteiger partial charge in [-0.3, -0.25) is 18.5 Å². The largest absolute Gasteiger partial charge is 0.480 e. The van der Waals surface area contributed by atoms with Crippen molar-refractivity contribution in [1.29, 1.82) is 0 Å². The number of aromatic nitrogens is 3. The number of nitrogens with one attached hydrogen (secondary N) is 1. The molecule has 0 saturated heterocycles. The van der Waals surface area contributed by atoms with Gasteiger partial charge in [0.1, 0.15) is 12.2 Å². The number of carbonyl (C=O) groups excluding carboxylic acids is 1. The Morgan fingerprint density at radius 1 is 1.06 bits per heavy atom. The van der Waals surface area contributed by atoms with Gasteiger partial charge in [-0.05, 0) is 42.5 Å². The van der Waals surface area contributed by atoms with Gasteiger partial charge in [-0.25, -0.2) is 18.4 Å². The predicted molar refractivity (Wildman–Crippen MR) is 131 cm³/mol. The average molecular weight is 534 g/mol. The van der Waals surface area contributed by atoms with Crippen molar-refractivity contribution in [2.75, 3.05) is 17.9 Å². The predicted octanol–water partition coefficient (Wildman–Crippen LogP) is 3.37. The lowest BCUT2D eigenvalue weighted by Crippen LogP contribution is -2.35. The van der Waals surface area contributed by atoms with Crippen molar-refractivity contribution < 1.29 is 23.1 Å². The lowest BCUT2D eigenvalue weighted by atomic mass is 10.2. The molecule has 0 unspecified atom stereocenters. The maximum absolute atomic E-state index is 13.3. The maximum Gasteiger partial charge on any atom is 0.324 e. The Morgan fingerprint density at radius 3 is 2.37 bits per heavy atom. The lowest BCUT2D eigenvalue weighted by Gasteiger charge is -2.23. The van der Waals surface area contributed by atoms with E-state index in [2.05, 4.69) is 15.3 Å². The normalized spacial score (nSPS) is 11.4. The summed E-state index contributed by atoms with van der Waals surface area (Å²) in [6.07, 6.45) is 4.47. The van der Waals surface area contributed by atoms with Gasteiger partial charge in [-0.15, -0.1) is 0 Å². The molecule has 0 aliphatic carbocycles. The summed E-state index contributed by atoms with van der Waals surface area (Å²) in [4.78, 5) is 31.4. The fourth-order valence-corrected chi connectivity index (χ4v) is 5.55. The van der Waals surface area contributed by atoms with Crippen molar-refractivity contribution in [2.45, 2.75) is 4.90 Å². The number of halogens is 2. The first kappa shape index (κ1) is 24.5. The van der Waals surface area contributed by atoms with E-state index in [0.29, 0.717) is 16.7 Å². The van der Waals surface area contributed by atoms with Crippen molar-refractivity contribution in [3.8, 4) is 5.82 Å². The number of sulfonamides is 1. The van der Waals surface area contributed by atoms with Crippen LogP contribution in [0.5, 0.6) is 0 Å². The van der Waals surface area contributed by atoms with Gasteiger partial charge in [0.05, 0.1) is 28.5 Å². The highest BCUT2D eigenvalue weighted by atomic mass is 35.5. The quantitative estimate of drug-likeness (QED) is 0.371. The van der Waals surface area contributed by atoms with Gasteiger partial charge in [-0.2, -0.15) is 0 Å². The van der Waals surface area contributed by atoms with Crippen LogP contribution in [0.3, 0.4) is 0 Å². The number of hydrogen-bond donors (Lipinski definition) is 2. The number of rotatable bonds is 7. The number of hydrogen-bond acceptors (Lipinski definition) is 6. The second-order valence-electron chi connectivity index (χ2n) is 7.28. The Bertz CT molecular complexity index is 1530. The Hall–Kier alpha value is -3.67. The molecule has 0 atom stereocenters. The lowest BCUT2D eigenvalue weighted by molar-refractivity contribution is -0.135. The van der Waals surface area contributed by atoms with Crippen molar-refractivity contribution in [2.24, 2.45) is 0 Å². The number of fused-ring (bicyclic) bond motifs is 1. The third kappa shape index (κ3) is 4.92. The number of benzene rings is 2. The Labute approximate surface area is 209 Å². The molecule has 35 heavy (non-hydrogen) atoms. The Balaban J connectivity index is 1.76. The second-order valence-corrected chi connectivity index (χ2v) is 10.0. The van der Waals surface area contributed by atoms with Gasteiger partial charge >= 0.3 is 5.97 Å². The summed E-state index contributed by atoms with van der Waals surface area (Å²) in [5.74, 6) is -1.28. The van der Waals surface area contributed by atoms with E-state index in [1.807, 2.05) is 0 Å². The highest BCUT2D eigenvalue weighted by molar-refractivity contribution is 7.92. The Kier molecular flexibility index (Phi) is 6.66. The summed E-state index contributed by atoms with van der Waals surface area (Å²) in [6.45, 7) is -0.814. The van der Waals surface area contributed by atoms with Crippen LogP contribution in [-0.4, -0.2) is 53.5 Å². The van der Waals surface area contributed by atoms with Gasteiger partial charge in [0.2, 0.25) is 0 Å². The molecule has 0 aliphatic rings. The summed E-state index contributed by atoms with van der Waals surface area (Å²) in [5.41, 5.74) is 0.953. The molecule has 10 nitrogen and oxygen atoms in total. The monoisotopic (exact) mass is 533 g/mol. The molecule has 2 heterocycles. The van der Waals surface area contributed by atoms with Crippen molar-refractivity contribution in [3.63, 3.8) is 0 Å². The number of carboxylic acid groups (broad SMARTS) is 1. The zero-order valence-electron chi connectivity index (χ0n) is 18.0. The minimum absolute atomic E-state index is 0.0995. The molecule has 2 aromatic heterocycles. The van der Waals surface area contributed by atoms with E-state index in [1.165, 1.54) is 43.7 Å². The molecule has 0 spiro atoms. The molecule has 13 heteroatoms. The fourth-order valence-electron chi connectivity index (χ4n) is 3.42. The summed E-state index contributed by atoms with van der Waals surface area (Å²) in [6, 6.07) is 10.2. The number of carbonyl (C=O) groups is 2. The molecule has 0 saturated carbocycles. The third-order valence-corrected chi connectivity index (χ3v) is 7.20. The van der Waals surface area contributed by atoms with E-state index >= 15 is 0 Å². The van der Waals surface area contributed by atoms with E-state index in [1.54, 1.807) is 29.0 Å². The first-order valence-corrected chi connectivity index (χ1v) is 12.2. The molecular formula is C22H17Cl2N5O5S. The molecule has 2 aromatic carbocycles. The first-order chi connectivity index (χ1) is 16.6. The number of amides is 1. The van der Waals surface area contributed by atoms with Crippen LogP contribution in [0.2, 0.25) is 10.0 Å². The van der Waals surface area contributed by atoms with Crippen molar-refractivity contribution >= 4 is 61.7 Å². The van der Waals surface area contributed by atoms with E-state index in [0.717, 1.165) is 4.31 Å². The number of nitrogens with zero attached hydrogens (tertiary/aromatic N) is 4. The highest BCUT2D eigenvalue weighted by Crippen LogP contribution is 2.31. The van der Waals surface area contributed by atoms with Crippen LogP contribution in [0.15, 0.2) is 66.0 Å². The van der Waals surface area contributed by atoms with Gasteiger partial charge < -0.3 is 10.4 Å². The third-order valence-electron chi connectivity index (χ3n) is 5.01. The van der Waals surface area contributed by atoms with Crippen LogP contribution in [0.1, 0.15) is 10.5 Å². The highest BCUT2D eigenvalue weighted by Gasteiger charge is 2.28. The number of aliphatic carboxylic acids is 1. The maximum atomic E-state index is 13.3. The summed E-state index contributed by atoms with van der Waals surface area (Å²) >= 11 is 11.9. The molecule has 0 fully saturated rings. The van der Waals surface area contributed by atoms with E-state index in [-0.39, 0.29) is 32.2 Å². The molecule has 0 radical (unpaired) electrons. The first-order valence-electron chi connectivity index (χ1n) is 9.96. The molecule has 4 rings (SSSR count). The van der Waals surface area contributed by atoms with Gasteiger partial charge in [0, 0.05) is 28.7 Å². The van der Waals surface area contributed by atoms with Crippen LogP contribution in [0, 0.1) is 0 Å². The van der Waals surface area contributed by atoms with E-state index in [9.17, 15) is 23.1 Å². The molecule has 0 bridgehead atoms. The van der Waals surface area contributed by atoms with Crippen LogP contribution in [0.4, 0.5) is 5.69 Å². The number of carboxylic acids is 1. The molecular weight excluding hydrogens is 517 g/mol. The molecule has 1 amide bonds. The SMILES string of the molecule is CNC(=O)c1cnc(-n2ccc3cc(N(CC(=O)O)S(=O)(=O)c4cc(Cl)cc(Cl)c4)ccc32)cn1. The summed E-state index contributed by atoms with van der Waals surface area (Å²) in [7, 11) is -2.82. The average Bonchev–Trinajstić information content (AvgIpc) is 3.24. The smallest absolute Gasteiger partial charge is 0.324 e. The molecule has 180 valence electrons. The molecule has 4 aromatic rings. The van der Waals surface area contributed by atoms with Crippen LogP contribution in [-0.2, 0) is 14.8 Å². The van der Waals surface area contributed by atoms with E-state index < -0.39 is 22.5 Å². The zero-order valence-corrected chi connectivity index (χ0v) is 20.3. The van der Waals surface area contributed by atoms with Crippen LogP contribution >= 0.6 is 23.2 Å². The van der Waals surface area contributed by atoms with Crippen LogP contribution < -0.4 is 9.62 Å². The van der Waals surface area contributed by atoms with Gasteiger partial charge in [0.25, 0.3) is 15.9 Å². The molecule has 0 aliphatic heterocycles. The Morgan fingerprint density at radius 2 is 1.77 bits per heavy atom. The zero-order chi connectivity index (χ0) is 25.3. The second kappa shape index (κ2) is 9.53. The van der Waals surface area contributed by atoms with Crippen LogP contribution in [0.25, 0.3) is 16.7 Å². The topological polar surface area (TPSA) is 134 Å². The number of anilines is 1. The van der Waals surface area contributed by atoms with Crippen molar-refractivity contribution in [1.82, 2.24) is 19.9 Å². The minimum Gasteiger partial charge on any atom is -0.480 e. The fraction of sp³-hybridized carbons (Fsp3) is 0.0909. The van der Waals surface area contributed by atoms with Crippen molar-refractivity contribution in [3.05, 3.63) is 76.8 Å². The molecule has 2 N–H and O–H groups in total. The van der Waals surface area contributed by atoms with Gasteiger partial charge in [0.15, 0.2) is 5.82 Å². The van der Waals surface area contributed by atoms with Gasteiger partial charge in [-0.1, -0.05) is 23.2 Å². The summed E-state index contributed by atoms with van der Waals surface area (Å²) in [5, 5.41) is 12.7. The summed E-state index contributed by atoms with van der Waals surface area (Å²) < 4.78 is 29.1. The standard InChI is InChI=1S/C22H17Cl2N5O5S/c1-25-22(32)18-10-27-20(11-26-18)28-5-4-13-6-16(2-3-19(13)28)29(12-21(30)31)35(33,34)17-8-14(23)7-15(24)9-17/h2-11H,12H2,1H3,(H,25,32)(H,30,31).